The Bertz CT molecular complexity index is 852. The lowest BCUT2D eigenvalue weighted by Crippen LogP contribution is -2.35. The first kappa shape index (κ1) is 22.6. The molecular weight excluding hydrogens is 394 g/mol. The van der Waals surface area contributed by atoms with Crippen molar-refractivity contribution in [3.05, 3.63) is 53.7 Å². The van der Waals surface area contributed by atoms with Crippen LogP contribution in [0.3, 0.4) is 0 Å². The number of rotatable bonds is 8. The monoisotopic (exact) mass is 425 g/mol. The molecule has 3 rings (SSSR count). The molecule has 1 aliphatic heterocycles. The SMILES string of the molecule is CCOC(=O)c1ccc(N2CCCN(C(=O)CCCc3ccc(OC)cc3)CC2)nc1. The lowest BCUT2D eigenvalue weighted by atomic mass is 10.1. The van der Waals surface area contributed by atoms with Gasteiger partial charge >= 0.3 is 5.97 Å². The van der Waals surface area contributed by atoms with Gasteiger partial charge in [-0.15, -0.1) is 0 Å². The summed E-state index contributed by atoms with van der Waals surface area (Å²) in [7, 11) is 1.66. The molecule has 0 aliphatic carbocycles. The van der Waals surface area contributed by atoms with Crippen molar-refractivity contribution in [3.8, 4) is 5.75 Å². The summed E-state index contributed by atoms with van der Waals surface area (Å²) in [6, 6.07) is 11.6. The minimum atomic E-state index is -0.358. The van der Waals surface area contributed by atoms with E-state index in [4.69, 9.17) is 9.47 Å². The van der Waals surface area contributed by atoms with Crippen LogP contribution in [0.1, 0.15) is 42.1 Å². The summed E-state index contributed by atoms with van der Waals surface area (Å²) in [5.74, 6) is 1.52. The number of carbonyl (C=O) groups is 2. The highest BCUT2D eigenvalue weighted by Gasteiger charge is 2.20. The molecule has 0 radical (unpaired) electrons. The Morgan fingerprint density at radius 3 is 2.52 bits per heavy atom. The first-order valence-electron chi connectivity index (χ1n) is 10.9. The molecule has 7 heteroatoms. The van der Waals surface area contributed by atoms with E-state index in [1.807, 2.05) is 35.2 Å². The van der Waals surface area contributed by atoms with Crippen LogP contribution in [0.15, 0.2) is 42.6 Å². The van der Waals surface area contributed by atoms with Crippen molar-refractivity contribution in [3.63, 3.8) is 0 Å². The van der Waals surface area contributed by atoms with Gasteiger partial charge in [-0.25, -0.2) is 9.78 Å². The predicted molar refractivity (Wildman–Crippen MR) is 120 cm³/mol. The first-order chi connectivity index (χ1) is 15.1. The Balaban J connectivity index is 1.46. The molecule has 31 heavy (non-hydrogen) atoms. The van der Waals surface area contributed by atoms with Crippen LogP contribution in [0, 0.1) is 0 Å². The normalized spacial score (nSPS) is 14.1. The number of esters is 1. The van der Waals surface area contributed by atoms with Crippen LogP contribution >= 0.6 is 0 Å². The van der Waals surface area contributed by atoms with E-state index >= 15 is 0 Å². The zero-order valence-electron chi connectivity index (χ0n) is 18.4. The standard InChI is InChI=1S/C24H31N3O4/c1-3-31-24(29)20-10-13-22(25-18-20)26-14-5-15-27(17-16-26)23(28)7-4-6-19-8-11-21(30-2)12-9-19/h8-13,18H,3-7,14-17H2,1-2H3. The smallest absolute Gasteiger partial charge is 0.339 e. The molecule has 1 saturated heterocycles. The van der Waals surface area contributed by atoms with Crippen LogP contribution in [-0.4, -0.2) is 61.7 Å². The molecule has 7 nitrogen and oxygen atoms in total. The van der Waals surface area contributed by atoms with Crippen LogP contribution < -0.4 is 9.64 Å². The molecule has 0 atom stereocenters. The number of benzene rings is 1. The van der Waals surface area contributed by atoms with Gasteiger partial charge in [0.15, 0.2) is 0 Å². The summed E-state index contributed by atoms with van der Waals surface area (Å²) in [5, 5.41) is 0. The Labute approximate surface area is 184 Å². The average Bonchev–Trinajstić information content (AvgIpc) is 3.06. The maximum atomic E-state index is 12.7. The summed E-state index contributed by atoms with van der Waals surface area (Å²) in [6.45, 7) is 5.14. The number of ether oxygens (including phenoxy) is 2. The van der Waals surface area contributed by atoms with Crippen molar-refractivity contribution in [2.45, 2.75) is 32.6 Å². The van der Waals surface area contributed by atoms with E-state index in [0.717, 1.165) is 50.5 Å². The fraction of sp³-hybridized carbons (Fsp3) is 0.458. The zero-order chi connectivity index (χ0) is 22.1. The Kier molecular flexibility index (Phi) is 8.27. The summed E-state index contributed by atoms with van der Waals surface area (Å²) in [4.78, 5) is 33.0. The Morgan fingerprint density at radius 2 is 1.84 bits per heavy atom. The summed E-state index contributed by atoms with van der Waals surface area (Å²) in [6.07, 6.45) is 4.72. The molecule has 0 N–H and O–H groups in total. The van der Waals surface area contributed by atoms with Gasteiger partial charge in [-0.3, -0.25) is 4.79 Å². The van der Waals surface area contributed by atoms with Gasteiger partial charge in [0.05, 0.1) is 19.3 Å². The maximum Gasteiger partial charge on any atom is 0.339 e. The number of amides is 1. The molecular formula is C24H31N3O4. The van der Waals surface area contributed by atoms with Crippen LogP contribution in [0.25, 0.3) is 0 Å². The molecule has 1 fully saturated rings. The second-order valence-corrected chi connectivity index (χ2v) is 7.55. The van der Waals surface area contributed by atoms with Crippen molar-refractivity contribution in [1.82, 2.24) is 9.88 Å². The maximum absolute atomic E-state index is 12.7. The van der Waals surface area contributed by atoms with Crippen LogP contribution in [0.2, 0.25) is 0 Å². The highest BCUT2D eigenvalue weighted by atomic mass is 16.5. The second kappa shape index (κ2) is 11.3. The van der Waals surface area contributed by atoms with Crippen molar-refractivity contribution in [2.75, 3.05) is 44.8 Å². The van der Waals surface area contributed by atoms with E-state index in [-0.39, 0.29) is 11.9 Å². The first-order valence-corrected chi connectivity index (χ1v) is 10.9. The molecule has 0 spiro atoms. The zero-order valence-corrected chi connectivity index (χ0v) is 18.4. The molecule has 1 aromatic heterocycles. The lowest BCUT2D eigenvalue weighted by molar-refractivity contribution is -0.131. The number of pyridine rings is 1. The van der Waals surface area contributed by atoms with Crippen molar-refractivity contribution >= 4 is 17.7 Å². The van der Waals surface area contributed by atoms with Gasteiger partial charge in [0.1, 0.15) is 11.6 Å². The van der Waals surface area contributed by atoms with Gasteiger partial charge < -0.3 is 19.3 Å². The van der Waals surface area contributed by atoms with Gasteiger partial charge in [0, 0.05) is 38.8 Å². The minimum absolute atomic E-state index is 0.209. The van der Waals surface area contributed by atoms with Gasteiger partial charge in [-0.2, -0.15) is 0 Å². The third kappa shape index (κ3) is 6.44. The van der Waals surface area contributed by atoms with E-state index in [2.05, 4.69) is 9.88 Å². The summed E-state index contributed by atoms with van der Waals surface area (Å²) in [5.41, 5.74) is 1.67. The largest absolute Gasteiger partial charge is 0.497 e. The highest BCUT2D eigenvalue weighted by molar-refractivity contribution is 5.89. The summed E-state index contributed by atoms with van der Waals surface area (Å²) >= 11 is 0. The number of aryl methyl sites for hydroxylation is 1. The number of carbonyl (C=O) groups excluding carboxylic acids is 2. The van der Waals surface area contributed by atoms with Gasteiger partial charge in [0.2, 0.25) is 5.91 Å². The predicted octanol–water partition coefficient (Wildman–Crippen LogP) is 3.33. The average molecular weight is 426 g/mol. The number of aromatic nitrogens is 1. The van der Waals surface area contributed by atoms with E-state index in [1.165, 1.54) is 5.56 Å². The minimum Gasteiger partial charge on any atom is -0.497 e. The fourth-order valence-electron chi connectivity index (χ4n) is 3.70. The summed E-state index contributed by atoms with van der Waals surface area (Å²) < 4.78 is 10.2. The lowest BCUT2D eigenvalue weighted by Gasteiger charge is -2.23. The number of hydrogen-bond acceptors (Lipinski definition) is 6. The van der Waals surface area contributed by atoms with Gasteiger partial charge in [0.25, 0.3) is 0 Å². The van der Waals surface area contributed by atoms with E-state index in [0.29, 0.717) is 25.1 Å². The molecule has 1 aromatic carbocycles. The number of nitrogens with zero attached hydrogens (tertiary/aromatic N) is 3. The van der Waals surface area contributed by atoms with Crippen LogP contribution in [-0.2, 0) is 16.0 Å². The van der Waals surface area contributed by atoms with E-state index in [1.54, 1.807) is 26.3 Å². The number of hydrogen-bond donors (Lipinski definition) is 0. The number of anilines is 1. The van der Waals surface area contributed by atoms with Crippen LogP contribution in [0.4, 0.5) is 5.82 Å². The molecule has 0 saturated carbocycles. The molecule has 1 aliphatic rings. The molecule has 1 amide bonds. The van der Waals surface area contributed by atoms with Gasteiger partial charge in [-0.1, -0.05) is 12.1 Å². The topological polar surface area (TPSA) is 72.0 Å². The number of methoxy groups -OCH3 is 1. The van der Waals surface area contributed by atoms with Crippen LogP contribution in [0.5, 0.6) is 5.75 Å². The fourth-order valence-corrected chi connectivity index (χ4v) is 3.70. The molecule has 2 heterocycles. The van der Waals surface area contributed by atoms with E-state index in [9.17, 15) is 9.59 Å². The molecule has 2 aromatic rings. The quantitative estimate of drug-likeness (QED) is 0.604. The van der Waals surface area contributed by atoms with Crippen molar-refractivity contribution in [1.29, 1.82) is 0 Å². The molecule has 166 valence electrons. The molecule has 0 bridgehead atoms. The van der Waals surface area contributed by atoms with Gasteiger partial charge in [-0.05, 0) is 56.0 Å². The van der Waals surface area contributed by atoms with E-state index < -0.39 is 0 Å². The van der Waals surface area contributed by atoms with Crippen molar-refractivity contribution in [2.24, 2.45) is 0 Å². The third-order valence-corrected chi connectivity index (χ3v) is 5.45. The Hall–Kier alpha value is -3.09. The Morgan fingerprint density at radius 1 is 1.03 bits per heavy atom. The van der Waals surface area contributed by atoms with Crippen molar-refractivity contribution < 1.29 is 19.1 Å². The second-order valence-electron chi connectivity index (χ2n) is 7.55. The third-order valence-electron chi connectivity index (χ3n) is 5.45. The molecule has 0 unspecified atom stereocenters. The highest BCUT2D eigenvalue weighted by Crippen LogP contribution is 2.17.